The molecule has 0 N–H and O–H groups in total. The van der Waals surface area contributed by atoms with Crippen LogP contribution in [0.2, 0.25) is 0 Å². The molecule has 0 radical (unpaired) electrons. The minimum absolute atomic E-state index is 0.0958. The Labute approximate surface area is 451 Å². The smallest absolute Gasteiger partial charge is 0.306 e. The number of hydrogen-bond acceptors (Lipinski definition) is 6. The molecule has 0 heterocycles. The molecule has 1 unspecified atom stereocenters. The van der Waals surface area contributed by atoms with E-state index in [0.717, 1.165) is 128 Å². The maximum atomic E-state index is 12.9. The first-order valence-electron chi connectivity index (χ1n) is 30.7. The number of ether oxygens (including phenoxy) is 3. The predicted molar refractivity (Wildman–Crippen MR) is 316 cm³/mol. The summed E-state index contributed by atoms with van der Waals surface area (Å²) < 4.78 is 16.9. The van der Waals surface area contributed by atoms with Gasteiger partial charge in [-0.2, -0.15) is 0 Å². The Morgan fingerprint density at radius 2 is 0.562 bits per heavy atom. The van der Waals surface area contributed by atoms with E-state index in [1.807, 2.05) is 0 Å². The first-order valence-corrected chi connectivity index (χ1v) is 30.7. The summed E-state index contributed by atoms with van der Waals surface area (Å²) in [4.78, 5) is 38.2. The Balaban J connectivity index is 4.38. The summed E-state index contributed by atoms with van der Waals surface area (Å²) in [5.74, 6) is -0.938. The van der Waals surface area contributed by atoms with Crippen molar-refractivity contribution < 1.29 is 28.6 Å². The molecule has 0 amide bonds. The van der Waals surface area contributed by atoms with Crippen molar-refractivity contribution in [2.24, 2.45) is 0 Å². The molecule has 6 heteroatoms. The molecule has 1 atom stereocenters. The molecule has 0 aromatic rings. The number of unbranched alkanes of at least 4 members (excludes halogenated alkanes) is 28. The molecular formula is C67H114O6. The van der Waals surface area contributed by atoms with Gasteiger partial charge in [0.2, 0.25) is 0 Å². The van der Waals surface area contributed by atoms with Gasteiger partial charge >= 0.3 is 17.9 Å². The van der Waals surface area contributed by atoms with Gasteiger partial charge in [-0.3, -0.25) is 14.4 Å². The van der Waals surface area contributed by atoms with Crippen LogP contribution in [0.25, 0.3) is 0 Å². The molecule has 0 aromatic heterocycles. The fourth-order valence-electron chi connectivity index (χ4n) is 8.44. The quantitative estimate of drug-likeness (QED) is 0.0261. The molecule has 0 aliphatic carbocycles. The van der Waals surface area contributed by atoms with E-state index in [1.54, 1.807) is 0 Å². The summed E-state index contributed by atoms with van der Waals surface area (Å²) in [5, 5.41) is 0. The van der Waals surface area contributed by atoms with Crippen molar-refractivity contribution in [3.05, 3.63) is 97.2 Å². The molecule has 0 spiro atoms. The van der Waals surface area contributed by atoms with Crippen LogP contribution in [0, 0.1) is 0 Å². The highest BCUT2D eigenvalue weighted by molar-refractivity contribution is 5.71. The third-order valence-electron chi connectivity index (χ3n) is 13.0. The second-order valence-electron chi connectivity index (χ2n) is 20.2. The Morgan fingerprint density at radius 1 is 0.288 bits per heavy atom. The standard InChI is InChI=1S/C67H114O6/c1-4-7-10-13-16-19-22-25-27-29-31-32-33-34-36-37-39-42-45-48-51-54-57-60-66(69)72-63-64(62-71-65(68)59-56-53-50-47-44-41-24-21-18-15-12-9-6-3)73-67(70)61-58-55-52-49-46-43-40-38-35-30-28-26-23-20-17-14-11-8-5-2/h8,11-12,15,17,20-21,24,26,28-29,31,35,38,43,46,64H,4-7,9-10,13-14,16,18-19,22-23,25,27,30,32-34,36-37,39-42,44-45,47-63H2,1-3H3/b11-8-,15-12-,20-17-,24-21-,28-26-,31-29-,38-35-,46-43-. The van der Waals surface area contributed by atoms with Crippen LogP contribution in [0.5, 0.6) is 0 Å². The molecule has 0 bridgehead atoms. The van der Waals surface area contributed by atoms with Crippen molar-refractivity contribution >= 4 is 17.9 Å². The van der Waals surface area contributed by atoms with E-state index in [1.165, 1.54) is 122 Å². The van der Waals surface area contributed by atoms with Gasteiger partial charge in [0.15, 0.2) is 6.10 Å². The van der Waals surface area contributed by atoms with Crippen LogP contribution in [0.4, 0.5) is 0 Å². The Hall–Kier alpha value is -3.67. The molecule has 73 heavy (non-hydrogen) atoms. The summed E-state index contributed by atoms with van der Waals surface area (Å²) in [5.41, 5.74) is 0. The second kappa shape index (κ2) is 60.9. The molecule has 0 fully saturated rings. The van der Waals surface area contributed by atoms with Crippen LogP contribution >= 0.6 is 0 Å². The molecular weight excluding hydrogens is 901 g/mol. The van der Waals surface area contributed by atoms with Crippen LogP contribution in [0.15, 0.2) is 97.2 Å². The third-order valence-corrected chi connectivity index (χ3v) is 13.0. The van der Waals surface area contributed by atoms with E-state index >= 15 is 0 Å². The highest BCUT2D eigenvalue weighted by atomic mass is 16.6. The van der Waals surface area contributed by atoms with Gasteiger partial charge in [-0.15, -0.1) is 0 Å². The molecule has 418 valence electrons. The Kier molecular flexibility index (Phi) is 57.8. The van der Waals surface area contributed by atoms with E-state index in [2.05, 4.69) is 118 Å². The summed E-state index contributed by atoms with van der Waals surface area (Å²) in [6.45, 7) is 6.44. The molecule has 0 aromatic carbocycles. The van der Waals surface area contributed by atoms with Gasteiger partial charge < -0.3 is 14.2 Å². The van der Waals surface area contributed by atoms with Gasteiger partial charge in [0, 0.05) is 19.3 Å². The maximum Gasteiger partial charge on any atom is 0.306 e. The molecule has 0 rings (SSSR count). The zero-order chi connectivity index (χ0) is 52.9. The van der Waals surface area contributed by atoms with Crippen LogP contribution in [-0.4, -0.2) is 37.2 Å². The molecule has 0 aliphatic rings. The lowest BCUT2D eigenvalue weighted by molar-refractivity contribution is -0.167. The lowest BCUT2D eigenvalue weighted by atomic mass is 10.0. The molecule has 0 saturated heterocycles. The Morgan fingerprint density at radius 3 is 0.918 bits per heavy atom. The Bertz CT molecular complexity index is 1440. The fourth-order valence-corrected chi connectivity index (χ4v) is 8.44. The third kappa shape index (κ3) is 59.1. The second-order valence-corrected chi connectivity index (χ2v) is 20.2. The van der Waals surface area contributed by atoms with Crippen LogP contribution < -0.4 is 0 Å². The van der Waals surface area contributed by atoms with Gasteiger partial charge in [-0.05, 0) is 116 Å². The van der Waals surface area contributed by atoms with E-state index < -0.39 is 6.10 Å². The number of carbonyl (C=O) groups excluding carboxylic acids is 3. The monoisotopic (exact) mass is 1010 g/mol. The van der Waals surface area contributed by atoms with Gasteiger partial charge in [0.1, 0.15) is 13.2 Å². The van der Waals surface area contributed by atoms with E-state index in [0.29, 0.717) is 12.8 Å². The van der Waals surface area contributed by atoms with Crippen LogP contribution in [-0.2, 0) is 28.6 Å². The van der Waals surface area contributed by atoms with E-state index in [4.69, 9.17) is 14.2 Å². The number of hydrogen-bond donors (Lipinski definition) is 0. The van der Waals surface area contributed by atoms with Crippen LogP contribution in [0.1, 0.15) is 290 Å². The van der Waals surface area contributed by atoms with E-state index in [9.17, 15) is 14.4 Å². The summed E-state index contributed by atoms with van der Waals surface area (Å²) >= 11 is 0. The average molecular weight is 1020 g/mol. The number of rotatable bonds is 55. The van der Waals surface area contributed by atoms with Crippen molar-refractivity contribution in [1.29, 1.82) is 0 Å². The van der Waals surface area contributed by atoms with Gasteiger partial charge in [-0.1, -0.05) is 253 Å². The van der Waals surface area contributed by atoms with Crippen molar-refractivity contribution in [3.8, 4) is 0 Å². The minimum atomic E-state index is -0.803. The molecule has 6 nitrogen and oxygen atoms in total. The maximum absolute atomic E-state index is 12.9. The fraction of sp³-hybridized carbons (Fsp3) is 0.716. The highest BCUT2D eigenvalue weighted by Crippen LogP contribution is 2.15. The molecule has 0 aliphatic heterocycles. The highest BCUT2D eigenvalue weighted by Gasteiger charge is 2.19. The lowest BCUT2D eigenvalue weighted by Crippen LogP contribution is -2.30. The van der Waals surface area contributed by atoms with Crippen molar-refractivity contribution in [2.75, 3.05) is 13.2 Å². The first kappa shape index (κ1) is 69.3. The SMILES string of the molecule is CC/C=C\C/C=C\C/C=C\C/C=C\C/C=C\CCCCCC(=O)OC(COC(=O)CCCCCCC/C=C\C/C=C\CCC)COC(=O)CCCCCCCCCCCCC/C=C\CCCCCCCCCC. The predicted octanol–water partition coefficient (Wildman–Crippen LogP) is 20.9. The van der Waals surface area contributed by atoms with Crippen LogP contribution in [0.3, 0.4) is 0 Å². The van der Waals surface area contributed by atoms with Crippen molar-refractivity contribution in [1.82, 2.24) is 0 Å². The van der Waals surface area contributed by atoms with Gasteiger partial charge in [0.25, 0.3) is 0 Å². The molecule has 0 saturated carbocycles. The summed E-state index contributed by atoms with van der Waals surface area (Å²) in [6.07, 6.45) is 81.2. The average Bonchev–Trinajstić information content (AvgIpc) is 3.39. The zero-order valence-corrected chi connectivity index (χ0v) is 47.9. The first-order chi connectivity index (χ1) is 36.0. The largest absolute Gasteiger partial charge is 0.462 e. The normalized spacial score (nSPS) is 12.8. The lowest BCUT2D eigenvalue weighted by Gasteiger charge is -2.18. The van der Waals surface area contributed by atoms with E-state index in [-0.39, 0.29) is 37.5 Å². The van der Waals surface area contributed by atoms with Crippen molar-refractivity contribution in [2.45, 2.75) is 297 Å². The number of allylic oxidation sites excluding steroid dienone is 16. The van der Waals surface area contributed by atoms with Crippen molar-refractivity contribution in [3.63, 3.8) is 0 Å². The minimum Gasteiger partial charge on any atom is -0.462 e. The number of carbonyl (C=O) groups is 3. The van der Waals surface area contributed by atoms with Gasteiger partial charge in [-0.25, -0.2) is 0 Å². The topological polar surface area (TPSA) is 78.9 Å². The van der Waals surface area contributed by atoms with Gasteiger partial charge in [0.05, 0.1) is 0 Å². The zero-order valence-electron chi connectivity index (χ0n) is 47.9. The summed E-state index contributed by atoms with van der Waals surface area (Å²) in [6, 6.07) is 0. The number of esters is 3. The summed E-state index contributed by atoms with van der Waals surface area (Å²) in [7, 11) is 0.